The van der Waals surface area contributed by atoms with Gasteiger partial charge in [0.15, 0.2) is 5.76 Å². The van der Waals surface area contributed by atoms with Crippen LogP contribution in [0.4, 0.5) is 0 Å². The SMILES string of the molecule is CC(C)N(Cc1ccc(Cl)c(Cl)c1)C(=O)c1cc2ccccc2o1. The van der Waals surface area contributed by atoms with Gasteiger partial charge in [0.25, 0.3) is 5.91 Å². The highest BCUT2D eigenvalue weighted by Gasteiger charge is 2.22. The van der Waals surface area contributed by atoms with Crippen molar-refractivity contribution in [2.24, 2.45) is 0 Å². The van der Waals surface area contributed by atoms with Gasteiger partial charge in [-0.1, -0.05) is 47.5 Å². The zero-order chi connectivity index (χ0) is 17.3. The number of nitrogens with zero attached hydrogens (tertiary/aromatic N) is 1. The van der Waals surface area contributed by atoms with Crippen LogP contribution in [-0.2, 0) is 6.54 Å². The van der Waals surface area contributed by atoms with Gasteiger partial charge in [-0.2, -0.15) is 0 Å². The maximum Gasteiger partial charge on any atom is 0.290 e. The molecule has 1 heterocycles. The topological polar surface area (TPSA) is 33.5 Å². The Balaban J connectivity index is 1.89. The monoisotopic (exact) mass is 361 g/mol. The van der Waals surface area contributed by atoms with Crippen molar-refractivity contribution in [2.45, 2.75) is 26.4 Å². The average Bonchev–Trinajstić information content (AvgIpc) is 2.99. The first-order valence-electron chi connectivity index (χ1n) is 7.69. The standard InChI is InChI=1S/C19H17Cl2NO2/c1-12(2)22(11-13-7-8-15(20)16(21)9-13)19(23)18-10-14-5-3-4-6-17(14)24-18/h3-10,12H,11H2,1-2H3. The first-order chi connectivity index (χ1) is 11.5. The molecule has 0 radical (unpaired) electrons. The number of hydrogen-bond donors (Lipinski definition) is 0. The van der Waals surface area contributed by atoms with E-state index in [0.29, 0.717) is 27.9 Å². The van der Waals surface area contributed by atoms with Crippen molar-refractivity contribution in [1.29, 1.82) is 0 Å². The van der Waals surface area contributed by atoms with Crippen LogP contribution >= 0.6 is 23.2 Å². The summed E-state index contributed by atoms with van der Waals surface area (Å²) in [6.45, 7) is 4.38. The van der Waals surface area contributed by atoms with E-state index in [9.17, 15) is 4.79 Å². The minimum Gasteiger partial charge on any atom is -0.451 e. The third-order valence-electron chi connectivity index (χ3n) is 3.86. The number of rotatable bonds is 4. The van der Waals surface area contributed by atoms with Crippen molar-refractivity contribution in [1.82, 2.24) is 4.90 Å². The predicted octanol–water partition coefficient (Wildman–Crippen LogP) is 5.79. The molecule has 3 aromatic rings. The van der Waals surface area contributed by atoms with E-state index in [1.807, 2.05) is 44.2 Å². The Hall–Kier alpha value is -1.97. The summed E-state index contributed by atoms with van der Waals surface area (Å²) in [6, 6.07) is 14.8. The van der Waals surface area contributed by atoms with Gasteiger partial charge in [-0.15, -0.1) is 0 Å². The van der Waals surface area contributed by atoms with E-state index in [1.165, 1.54) is 0 Å². The van der Waals surface area contributed by atoms with Gasteiger partial charge in [0.05, 0.1) is 10.0 Å². The summed E-state index contributed by atoms with van der Waals surface area (Å²) in [5.41, 5.74) is 1.63. The van der Waals surface area contributed by atoms with Gasteiger partial charge in [0, 0.05) is 18.0 Å². The molecule has 3 nitrogen and oxygen atoms in total. The maximum atomic E-state index is 12.9. The summed E-state index contributed by atoms with van der Waals surface area (Å²) >= 11 is 12.0. The van der Waals surface area contributed by atoms with Crippen LogP contribution in [0.2, 0.25) is 10.0 Å². The van der Waals surface area contributed by atoms with Crippen molar-refractivity contribution in [3.63, 3.8) is 0 Å². The Morgan fingerprint density at radius 3 is 2.50 bits per heavy atom. The van der Waals surface area contributed by atoms with Crippen molar-refractivity contribution in [3.05, 3.63) is 69.9 Å². The molecule has 1 amide bonds. The second-order valence-corrected chi connectivity index (χ2v) is 6.74. The highest BCUT2D eigenvalue weighted by atomic mass is 35.5. The second kappa shape index (κ2) is 6.88. The molecule has 124 valence electrons. The minimum absolute atomic E-state index is 0.0140. The third-order valence-corrected chi connectivity index (χ3v) is 4.60. The van der Waals surface area contributed by atoms with Gasteiger partial charge in [-0.3, -0.25) is 4.79 Å². The van der Waals surface area contributed by atoms with Gasteiger partial charge in [-0.25, -0.2) is 0 Å². The van der Waals surface area contributed by atoms with E-state index in [-0.39, 0.29) is 11.9 Å². The number of para-hydroxylation sites is 1. The third kappa shape index (κ3) is 3.42. The zero-order valence-electron chi connectivity index (χ0n) is 13.4. The van der Waals surface area contributed by atoms with E-state index in [1.54, 1.807) is 23.1 Å². The van der Waals surface area contributed by atoms with Crippen LogP contribution in [0.1, 0.15) is 30.0 Å². The molecule has 0 saturated carbocycles. The fraction of sp³-hybridized carbons (Fsp3) is 0.211. The van der Waals surface area contributed by atoms with Crippen LogP contribution in [0.25, 0.3) is 11.0 Å². The normalized spacial score (nSPS) is 11.2. The Labute approximate surface area is 150 Å². The summed E-state index contributed by atoms with van der Waals surface area (Å²) in [4.78, 5) is 14.6. The molecule has 0 aliphatic rings. The number of halogens is 2. The van der Waals surface area contributed by atoms with Crippen molar-refractivity contribution < 1.29 is 9.21 Å². The summed E-state index contributed by atoms with van der Waals surface area (Å²) < 4.78 is 5.70. The molecular weight excluding hydrogens is 345 g/mol. The van der Waals surface area contributed by atoms with Crippen LogP contribution in [0.5, 0.6) is 0 Å². The molecule has 24 heavy (non-hydrogen) atoms. The van der Waals surface area contributed by atoms with Crippen molar-refractivity contribution in [2.75, 3.05) is 0 Å². The summed E-state index contributed by atoms with van der Waals surface area (Å²) in [7, 11) is 0. The maximum absolute atomic E-state index is 12.9. The van der Waals surface area contributed by atoms with Crippen LogP contribution in [-0.4, -0.2) is 16.8 Å². The second-order valence-electron chi connectivity index (χ2n) is 5.92. The van der Waals surface area contributed by atoms with Gasteiger partial charge >= 0.3 is 0 Å². The lowest BCUT2D eigenvalue weighted by Gasteiger charge is -2.26. The lowest BCUT2D eigenvalue weighted by atomic mass is 10.1. The summed E-state index contributed by atoms with van der Waals surface area (Å²) in [5, 5.41) is 1.90. The van der Waals surface area contributed by atoms with E-state index < -0.39 is 0 Å². The number of amides is 1. The van der Waals surface area contributed by atoms with E-state index in [2.05, 4.69) is 0 Å². The molecule has 3 rings (SSSR count). The molecule has 2 aromatic carbocycles. The van der Waals surface area contributed by atoms with Gasteiger partial charge in [0.2, 0.25) is 0 Å². The predicted molar refractivity (Wildman–Crippen MR) is 97.7 cm³/mol. The van der Waals surface area contributed by atoms with Gasteiger partial charge in [-0.05, 0) is 43.7 Å². The highest BCUT2D eigenvalue weighted by Crippen LogP contribution is 2.25. The fourth-order valence-electron chi connectivity index (χ4n) is 2.55. The Morgan fingerprint density at radius 2 is 1.83 bits per heavy atom. The fourth-order valence-corrected chi connectivity index (χ4v) is 2.87. The quantitative estimate of drug-likeness (QED) is 0.589. The molecule has 0 spiro atoms. The minimum atomic E-state index is -0.146. The van der Waals surface area contributed by atoms with E-state index in [4.69, 9.17) is 27.6 Å². The van der Waals surface area contributed by atoms with E-state index >= 15 is 0 Å². The average molecular weight is 362 g/mol. The van der Waals surface area contributed by atoms with Crippen LogP contribution < -0.4 is 0 Å². The molecule has 0 aliphatic carbocycles. The number of furan rings is 1. The molecule has 0 fully saturated rings. The largest absolute Gasteiger partial charge is 0.451 e. The van der Waals surface area contributed by atoms with Gasteiger partial charge in [0.1, 0.15) is 5.58 Å². The van der Waals surface area contributed by atoms with E-state index in [0.717, 1.165) is 10.9 Å². The van der Waals surface area contributed by atoms with Crippen LogP contribution in [0.15, 0.2) is 52.9 Å². The number of hydrogen-bond acceptors (Lipinski definition) is 2. The lowest BCUT2D eigenvalue weighted by molar-refractivity contribution is 0.0660. The zero-order valence-corrected chi connectivity index (χ0v) is 14.9. The Kier molecular flexibility index (Phi) is 4.83. The first kappa shape index (κ1) is 16.9. The van der Waals surface area contributed by atoms with Crippen LogP contribution in [0.3, 0.4) is 0 Å². The summed E-state index contributed by atoms with van der Waals surface area (Å²) in [5.74, 6) is 0.192. The highest BCUT2D eigenvalue weighted by molar-refractivity contribution is 6.42. The summed E-state index contributed by atoms with van der Waals surface area (Å²) in [6.07, 6.45) is 0. The molecular formula is C19H17Cl2NO2. The number of fused-ring (bicyclic) bond motifs is 1. The molecule has 0 N–H and O–H groups in total. The number of benzene rings is 2. The molecule has 5 heteroatoms. The van der Waals surface area contributed by atoms with Crippen molar-refractivity contribution >= 4 is 40.1 Å². The first-order valence-corrected chi connectivity index (χ1v) is 8.45. The Morgan fingerprint density at radius 1 is 1.08 bits per heavy atom. The van der Waals surface area contributed by atoms with Crippen molar-refractivity contribution in [3.8, 4) is 0 Å². The lowest BCUT2D eigenvalue weighted by Crippen LogP contribution is -2.36. The molecule has 0 aliphatic heterocycles. The number of carbonyl (C=O) groups is 1. The smallest absolute Gasteiger partial charge is 0.290 e. The molecule has 0 atom stereocenters. The molecule has 0 saturated heterocycles. The molecule has 0 bridgehead atoms. The molecule has 1 aromatic heterocycles. The Bertz CT molecular complexity index is 853. The number of carbonyl (C=O) groups excluding carboxylic acids is 1. The van der Waals surface area contributed by atoms with Crippen LogP contribution in [0, 0.1) is 0 Å². The van der Waals surface area contributed by atoms with Gasteiger partial charge < -0.3 is 9.32 Å². The molecule has 0 unspecified atom stereocenters.